The van der Waals surface area contributed by atoms with Crippen LogP contribution < -0.4 is 0 Å². The fourth-order valence-corrected chi connectivity index (χ4v) is 14.9. The number of sulfone groups is 2. The van der Waals surface area contributed by atoms with E-state index in [4.69, 9.17) is 0 Å². The Balaban J connectivity index is 0.000000152. The molecule has 0 amide bonds. The highest BCUT2D eigenvalue weighted by Crippen LogP contribution is 2.69. The van der Waals surface area contributed by atoms with Crippen LogP contribution in [0.4, 0.5) is 8.78 Å². The monoisotopic (exact) mass is 916 g/mol. The summed E-state index contributed by atoms with van der Waals surface area (Å²) in [4.78, 5) is 0.239. The van der Waals surface area contributed by atoms with Gasteiger partial charge in [0.1, 0.15) is 21.1 Å². The molecule has 0 aromatic heterocycles. The minimum Gasteiger partial charge on any atom is -0.396 e. The summed E-state index contributed by atoms with van der Waals surface area (Å²) >= 11 is 4.44. The second-order valence-corrected chi connectivity index (χ2v) is 19.9. The van der Waals surface area contributed by atoms with Crippen molar-refractivity contribution in [2.24, 2.45) is 17.8 Å². The number of hydrogen-bond donors (Lipinski definition) is 2. The summed E-state index contributed by atoms with van der Waals surface area (Å²) in [6.45, 7) is -0.156. The predicted molar refractivity (Wildman–Crippen MR) is 194 cm³/mol. The van der Waals surface area contributed by atoms with E-state index in [0.717, 1.165) is 48.7 Å². The normalized spacial score (nSPS) is 28.4. The molecule has 0 saturated heterocycles. The lowest BCUT2D eigenvalue weighted by Crippen LogP contribution is -2.61. The SMILES string of the molecule is O=S(=O)(c1ccc(F)cc1)C12CC(O)C1CCc1cc(I)ccc12.O=S(=O)(c1ccc(F)cc1)C12c3ccc(I)cc3CCC1C2CO. The van der Waals surface area contributed by atoms with Gasteiger partial charge in [0.2, 0.25) is 0 Å². The van der Waals surface area contributed by atoms with Gasteiger partial charge in [0.25, 0.3) is 0 Å². The van der Waals surface area contributed by atoms with Crippen LogP contribution in [0, 0.1) is 36.5 Å². The Bertz CT molecular complexity index is 2000. The van der Waals surface area contributed by atoms with Crippen molar-refractivity contribution in [2.45, 2.75) is 57.5 Å². The first-order chi connectivity index (χ1) is 22.8. The second-order valence-electron chi connectivity index (χ2n) is 13.1. The Labute approximate surface area is 306 Å². The summed E-state index contributed by atoms with van der Waals surface area (Å²) in [5.74, 6) is -1.61. The van der Waals surface area contributed by atoms with E-state index in [2.05, 4.69) is 45.2 Å². The molecule has 0 bridgehead atoms. The molecule has 8 rings (SSSR count). The molecule has 6 atom stereocenters. The van der Waals surface area contributed by atoms with Gasteiger partial charge in [0, 0.05) is 25.6 Å². The number of aryl methyl sites for hydroxylation is 2. The Kier molecular flexibility index (Phi) is 8.87. The van der Waals surface area contributed by atoms with E-state index < -0.39 is 46.9 Å². The lowest BCUT2D eigenvalue weighted by molar-refractivity contribution is -0.0292. The average Bonchev–Trinajstić information content (AvgIpc) is 3.74. The van der Waals surface area contributed by atoms with Gasteiger partial charge >= 0.3 is 0 Å². The van der Waals surface area contributed by atoms with E-state index in [-0.39, 0.29) is 40.6 Å². The van der Waals surface area contributed by atoms with Crippen molar-refractivity contribution in [1.29, 1.82) is 0 Å². The zero-order valence-electron chi connectivity index (χ0n) is 25.5. The van der Waals surface area contributed by atoms with E-state index in [1.165, 1.54) is 48.5 Å². The van der Waals surface area contributed by atoms with Crippen molar-refractivity contribution in [3.05, 3.63) is 126 Å². The van der Waals surface area contributed by atoms with Gasteiger partial charge in [-0.15, -0.1) is 0 Å². The Morgan fingerprint density at radius 3 is 1.69 bits per heavy atom. The van der Waals surface area contributed by atoms with Crippen molar-refractivity contribution in [3.63, 3.8) is 0 Å². The fourth-order valence-electron chi connectivity index (χ4n) is 8.66. The van der Waals surface area contributed by atoms with E-state index >= 15 is 0 Å². The van der Waals surface area contributed by atoms with Crippen LogP contribution in [0.15, 0.2) is 94.7 Å². The number of rotatable bonds is 5. The molecule has 0 aliphatic heterocycles. The van der Waals surface area contributed by atoms with Crippen LogP contribution in [0.25, 0.3) is 0 Å². The van der Waals surface area contributed by atoms with Crippen molar-refractivity contribution >= 4 is 64.9 Å². The van der Waals surface area contributed by atoms with E-state index in [0.29, 0.717) is 6.42 Å². The Hall–Kier alpha value is -1.98. The number of fused-ring (bicyclic) bond motifs is 6. The minimum atomic E-state index is -3.73. The van der Waals surface area contributed by atoms with Crippen molar-refractivity contribution in [3.8, 4) is 0 Å². The third-order valence-corrected chi connectivity index (χ3v) is 17.4. The van der Waals surface area contributed by atoms with Gasteiger partial charge in [-0.2, -0.15) is 0 Å². The van der Waals surface area contributed by atoms with Crippen LogP contribution in [0.2, 0.25) is 0 Å². The fraction of sp³-hybridized carbons (Fsp3) is 0.333. The largest absolute Gasteiger partial charge is 0.396 e. The molecule has 4 aliphatic carbocycles. The molecular weight excluding hydrogens is 884 g/mol. The molecule has 4 aromatic rings. The molecule has 0 heterocycles. The zero-order valence-corrected chi connectivity index (χ0v) is 31.4. The molecule has 4 aromatic carbocycles. The first-order valence-corrected chi connectivity index (χ1v) is 20.8. The van der Waals surface area contributed by atoms with Gasteiger partial charge < -0.3 is 10.2 Å². The predicted octanol–water partition coefficient (Wildman–Crippen LogP) is 6.71. The molecule has 0 radical (unpaired) electrons. The standard InChI is InChI=1S/2C18H16FIO3S/c19-12-2-5-14(6-3-12)24(22,23)18-15-8-4-13(20)9-11(15)1-7-16(18)17(18)10-21;19-12-2-5-14(6-3-12)24(22,23)18-10-17(21)16(18)7-1-11-9-13(20)4-8-15(11)18/h2*2-6,8-9,16-17,21H,1,7,10H2. The van der Waals surface area contributed by atoms with Crippen LogP contribution in [0.3, 0.4) is 0 Å². The average molecular weight is 917 g/mol. The van der Waals surface area contributed by atoms with Gasteiger partial charge in [0.15, 0.2) is 19.7 Å². The molecule has 6 nitrogen and oxygen atoms in total. The van der Waals surface area contributed by atoms with Crippen LogP contribution in [-0.4, -0.2) is 39.8 Å². The highest BCUT2D eigenvalue weighted by Gasteiger charge is 2.74. The van der Waals surface area contributed by atoms with E-state index in [1.54, 1.807) is 0 Å². The molecular formula is C36H32F2I2O6S2. The molecule has 6 unspecified atom stereocenters. The summed E-state index contributed by atoms with van der Waals surface area (Å²) < 4.78 is 80.2. The second kappa shape index (κ2) is 12.4. The molecule has 252 valence electrons. The van der Waals surface area contributed by atoms with Crippen LogP contribution >= 0.6 is 45.2 Å². The summed E-state index contributed by atoms with van der Waals surface area (Å²) in [6.07, 6.45) is 2.59. The zero-order chi connectivity index (χ0) is 34.2. The third-order valence-electron chi connectivity index (χ3n) is 10.9. The number of hydrogen-bond acceptors (Lipinski definition) is 6. The van der Waals surface area contributed by atoms with Gasteiger partial charge in [0.05, 0.1) is 15.9 Å². The lowest BCUT2D eigenvalue weighted by Gasteiger charge is -2.55. The van der Waals surface area contributed by atoms with Crippen molar-refractivity contribution < 1.29 is 35.8 Å². The number of benzene rings is 4. The van der Waals surface area contributed by atoms with Gasteiger partial charge in [-0.1, -0.05) is 12.1 Å². The highest BCUT2D eigenvalue weighted by molar-refractivity contribution is 14.1. The number of aliphatic hydroxyl groups excluding tert-OH is 2. The molecule has 4 aliphatic rings. The summed E-state index contributed by atoms with van der Waals surface area (Å²) in [5, 5.41) is 20.0. The quantitative estimate of drug-likeness (QED) is 0.170. The molecule has 12 heteroatoms. The summed E-state index contributed by atoms with van der Waals surface area (Å²) in [6, 6.07) is 21.6. The molecule has 0 spiro atoms. The maximum absolute atomic E-state index is 13.4. The maximum atomic E-state index is 13.4. The van der Waals surface area contributed by atoms with Gasteiger partial charge in [-0.25, -0.2) is 25.6 Å². The summed E-state index contributed by atoms with van der Waals surface area (Å²) in [5.41, 5.74) is 3.69. The van der Waals surface area contributed by atoms with Gasteiger partial charge in [-0.3, -0.25) is 0 Å². The minimum absolute atomic E-state index is 0.0786. The Morgan fingerprint density at radius 2 is 1.17 bits per heavy atom. The topological polar surface area (TPSA) is 109 Å². The van der Waals surface area contributed by atoms with Gasteiger partial charge in [-0.05, 0) is 178 Å². The molecule has 2 N–H and O–H groups in total. The smallest absolute Gasteiger partial charge is 0.188 e. The van der Waals surface area contributed by atoms with Crippen LogP contribution in [0.1, 0.15) is 41.5 Å². The van der Waals surface area contributed by atoms with E-state index in [9.17, 15) is 35.8 Å². The Morgan fingerprint density at radius 1 is 0.688 bits per heavy atom. The summed E-state index contributed by atoms with van der Waals surface area (Å²) in [7, 11) is -7.45. The van der Waals surface area contributed by atoms with Crippen molar-refractivity contribution in [2.75, 3.05) is 6.61 Å². The molecule has 2 fully saturated rings. The number of aliphatic hydroxyl groups is 2. The maximum Gasteiger partial charge on any atom is 0.188 e. The van der Waals surface area contributed by atoms with E-state index in [1.807, 2.05) is 36.4 Å². The van der Waals surface area contributed by atoms with Crippen LogP contribution in [0.5, 0.6) is 0 Å². The molecule has 48 heavy (non-hydrogen) atoms. The van der Waals surface area contributed by atoms with Crippen LogP contribution in [-0.2, 0) is 42.0 Å². The molecule has 2 saturated carbocycles. The lowest BCUT2D eigenvalue weighted by atomic mass is 9.60. The third kappa shape index (κ3) is 5.05. The number of halogens is 4. The first-order valence-electron chi connectivity index (χ1n) is 15.7. The highest BCUT2D eigenvalue weighted by atomic mass is 127. The van der Waals surface area contributed by atoms with Crippen molar-refractivity contribution in [1.82, 2.24) is 0 Å². The first kappa shape index (κ1) is 34.5.